The monoisotopic (exact) mass is 591 g/mol. The maximum Gasteiger partial charge on any atom is 0.244 e. The largest absolute Gasteiger partial charge is 0.350 e. The molecule has 3 aromatic carbocycles. The SMILES string of the molecule is CC(C)(C)NC(=O)[C@@H](Cc1ccccc1)N(Cc1ccccc1F)C(=O)CN(c1ccc(F)c(Cl)c1)S(C)(=O)=O. The van der Waals surface area contributed by atoms with Crippen molar-refractivity contribution in [3.05, 3.63) is 101 Å². The van der Waals surface area contributed by atoms with Crippen LogP contribution in [-0.4, -0.2) is 49.5 Å². The summed E-state index contributed by atoms with van der Waals surface area (Å²) in [6.07, 6.45) is 0.983. The number of hydrogen-bond acceptors (Lipinski definition) is 4. The molecule has 0 saturated heterocycles. The van der Waals surface area contributed by atoms with Crippen LogP contribution < -0.4 is 9.62 Å². The summed E-state index contributed by atoms with van der Waals surface area (Å²) in [4.78, 5) is 28.8. The second-order valence-corrected chi connectivity index (χ2v) is 12.7. The molecule has 0 aliphatic rings. The fourth-order valence-electron chi connectivity index (χ4n) is 4.07. The van der Waals surface area contributed by atoms with E-state index in [-0.39, 0.29) is 29.2 Å². The van der Waals surface area contributed by atoms with Gasteiger partial charge in [0.25, 0.3) is 0 Å². The van der Waals surface area contributed by atoms with Crippen molar-refractivity contribution in [2.45, 2.75) is 45.3 Å². The summed E-state index contributed by atoms with van der Waals surface area (Å²) >= 11 is 5.89. The fraction of sp³-hybridized carbons (Fsp3) is 0.310. The Hall–Kier alpha value is -3.50. The molecule has 0 fully saturated rings. The minimum Gasteiger partial charge on any atom is -0.350 e. The second kappa shape index (κ2) is 12.8. The van der Waals surface area contributed by atoms with E-state index in [1.807, 2.05) is 6.07 Å². The molecule has 0 aromatic heterocycles. The first-order chi connectivity index (χ1) is 18.7. The zero-order chi connectivity index (χ0) is 29.7. The highest BCUT2D eigenvalue weighted by Gasteiger charge is 2.34. The van der Waals surface area contributed by atoms with E-state index < -0.39 is 51.6 Å². The molecule has 11 heteroatoms. The lowest BCUT2D eigenvalue weighted by Crippen LogP contribution is -2.56. The Morgan fingerprint density at radius 3 is 2.15 bits per heavy atom. The van der Waals surface area contributed by atoms with Crippen LogP contribution in [0.2, 0.25) is 5.02 Å². The zero-order valence-electron chi connectivity index (χ0n) is 22.7. The molecule has 0 unspecified atom stereocenters. The normalized spacial score (nSPS) is 12.5. The van der Waals surface area contributed by atoms with Gasteiger partial charge in [-0.25, -0.2) is 17.2 Å². The van der Waals surface area contributed by atoms with E-state index in [2.05, 4.69) is 5.32 Å². The van der Waals surface area contributed by atoms with Gasteiger partial charge >= 0.3 is 0 Å². The minimum atomic E-state index is -4.06. The lowest BCUT2D eigenvalue weighted by Gasteiger charge is -2.35. The van der Waals surface area contributed by atoms with E-state index in [0.29, 0.717) is 0 Å². The highest BCUT2D eigenvalue weighted by atomic mass is 35.5. The number of amides is 2. The predicted octanol–water partition coefficient (Wildman–Crippen LogP) is 4.94. The predicted molar refractivity (Wildman–Crippen MR) is 152 cm³/mol. The van der Waals surface area contributed by atoms with Gasteiger partial charge in [0.2, 0.25) is 21.8 Å². The molecule has 2 amide bonds. The van der Waals surface area contributed by atoms with Crippen LogP contribution in [0.4, 0.5) is 14.5 Å². The molecule has 214 valence electrons. The average Bonchev–Trinajstić information content (AvgIpc) is 2.86. The Kier molecular flexibility index (Phi) is 9.92. The summed E-state index contributed by atoms with van der Waals surface area (Å²) < 4.78 is 54.9. The average molecular weight is 592 g/mol. The third kappa shape index (κ3) is 8.50. The number of carbonyl (C=O) groups excluding carboxylic acids is 2. The van der Waals surface area contributed by atoms with Crippen LogP contribution in [0.5, 0.6) is 0 Å². The van der Waals surface area contributed by atoms with Gasteiger partial charge in [-0.1, -0.05) is 60.1 Å². The van der Waals surface area contributed by atoms with Crippen molar-refractivity contribution in [3.63, 3.8) is 0 Å². The van der Waals surface area contributed by atoms with Crippen LogP contribution in [0.3, 0.4) is 0 Å². The van der Waals surface area contributed by atoms with Crippen molar-refractivity contribution in [3.8, 4) is 0 Å². The van der Waals surface area contributed by atoms with Gasteiger partial charge in [0.15, 0.2) is 0 Å². The highest BCUT2D eigenvalue weighted by molar-refractivity contribution is 7.92. The van der Waals surface area contributed by atoms with Crippen molar-refractivity contribution >= 4 is 39.1 Å². The van der Waals surface area contributed by atoms with E-state index in [1.165, 1.54) is 29.2 Å². The number of hydrogen-bond donors (Lipinski definition) is 1. The molecule has 3 rings (SSSR count). The Balaban J connectivity index is 2.10. The zero-order valence-corrected chi connectivity index (χ0v) is 24.3. The van der Waals surface area contributed by atoms with Gasteiger partial charge in [0.1, 0.15) is 24.2 Å². The van der Waals surface area contributed by atoms with Crippen molar-refractivity contribution in [2.75, 3.05) is 17.1 Å². The van der Waals surface area contributed by atoms with E-state index >= 15 is 0 Å². The van der Waals surface area contributed by atoms with Crippen LogP contribution in [0.25, 0.3) is 0 Å². The molecule has 0 bridgehead atoms. The molecule has 0 heterocycles. The van der Waals surface area contributed by atoms with Crippen molar-refractivity contribution in [2.24, 2.45) is 0 Å². The van der Waals surface area contributed by atoms with Gasteiger partial charge in [0.05, 0.1) is 17.0 Å². The van der Waals surface area contributed by atoms with Crippen LogP contribution in [0, 0.1) is 11.6 Å². The quantitative estimate of drug-likeness (QED) is 0.362. The molecular formula is C29H32ClF2N3O4S. The van der Waals surface area contributed by atoms with Gasteiger partial charge in [-0.3, -0.25) is 13.9 Å². The van der Waals surface area contributed by atoms with Crippen molar-refractivity contribution < 1.29 is 26.8 Å². The minimum absolute atomic E-state index is 0.0353. The number of anilines is 1. The Labute approximate surface area is 238 Å². The first-order valence-corrected chi connectivity index (χ1v) is 14.7. The number of carbonyl (C=O) groups is 2. The second-order valence-electron chi connectivity index (χ2n) is 10.4. The first-order valence-electron chi connectivity index (χ1n) is 12.5. The molecule has 0 radical (unpaired) electrons. The fourth-order valence-corrected chi connectivity index (χ4v) is 5.09. The maximum atomic E-state index is 14.8. The molecule has 0 saturated carbocycles. The molecule has 3 aromatic rings. The number of nitrogens with one attached hydrogen (secondary N) is 1. The van der Waals surface area contributed by atoms with Crippen molar-refractivity contribution in [1.29, 1.82) is 0 Å². The first kappa shape index (κ1) is 31.0. The smallest absolute Gasteiger partial charge is 0.244 e. The van der Waals surface area contributed by atoms with Gasteiger partial charge in [-0.15, -0.1) is 0 Å². The Bertz CT molecular complexity index is 1460. The summed E-state index contributed by atoms with van der Waals surface area (Å²) in [7, 11) is -4.06. The van der Waals surface area contributed by atoms with Crippen LogP contribution >= 0.6 is 11.6 Å². The number of benzene rings is 3. The lowest BCUT2D eigenvalue weighted by atomic mass is 10.0. The topological polar surface area (TPSA) is 86.8 Å². The maximum absolute atomic E-state index is 14.8. The van der Waals surface area contributed by atoms with E-state index in [1.54, 1.807) is 51.1 Å². The molecule has 40 heavy (non-hydrogen) atoms. The summed E-state index contributed by atoms with van der Waals surface area (Å²) in [5.74, 6) is -2.59. The van der Waals surface area contributed by atoms with Crippen molar-refractivity contribution in [1.82, 2.24) is 10.2 Å². The Morgan fingerprint density at radius 2 is 1.57 bits per heavy atom. The van der Waals surface area contributed by atoms with Gasteiger partial charge < -0.3 is 10.2 Å². The molecule has 1 atom stereocenters. The number of rotatable bonds is 10. The number of nitrogens with zero attached hydrogens (tertiary/aromatic N) is 2. The number of halogens is 3. The van der Waals surface area contributed by atoms with Crippen LogP contribution in [-0.2, 0) is 32.6 Å². The van der Waals surface area contributed by atoms with E-state index in [9.17, 15) is 26.8 Å². The van der Waals surface area contributed by atoms with Crippen LogP contribution in [0.15, 0.2) is 72.8 Å². The summed E-state index contributed by atoms with van der Waals surface area (Å²) in [5, 5.41) is 2.56. The third-order valence-corrected chi connectivity index (χ3v) is 7.37. The molecule has 1 N–H and O–H groups in total. The van der Waals surface area contributed by atoms with Gasteiger partial charge in [-0.2, -0.15) is 0 Å². The third-order valence-electron chi connectivity index (χ3n) is 5.94. The van der Waals surface area contributed by atoms with Gasteiger partial charge in [-0.05, 0) is 50.6 Å². The van der Waals surface area contributed by atoms with E-state index in [0.717, 1.165) is 28.3 Å². The van der Waals surface area contributed by atoms with Gasteiger partial charge in [0, 0.05) is 24.1 Å². The Morgan fingerprint density at radius 1 is 0.950 bits per heavy atom. The summed E-state index contributed by atoms with van der Waals surface area (Å²) in [6, 6.07) is 17.0. The standard InChI is InChI=1S/C29H32ClF2N3O4S/c1-29(2,3)33-28(37)26(16-20-10-6-5-7-11-20)34(18-21-12-8-9-13-24(21)31)27(36)19-35(40(4,38)39)22-14-15-25(32)23(30)17-22/h5-15,17,26H,16,18-19H2,1-4H3,(H,33,37)/t26-/m1/s1. The lowest BCUT2D eigenvalue weighted by molar-refractivity contribution is -0.140. The highest BCUT2D eigenvalue weighted by Crippen LogP contribution is 2.25. The molecule has 0 aliphatic heterocycles. The van der Waals surface area contributed by atoms with Crippen LogP contribution in [0.1, 0.15) is 31.9 Å². The molecule has 7 nitrogen and oxygen atoms in total. The summed E-state index contributed by atoms with van der Waals surface area (Å²) in [5.41, 5.74) is 0.204. The number of sulfonamides is 1. The van der Waals surface area contributed by atoms with E-state index in [4.69, 9.17) is 11.6 Å². The molecule has 0 spiro atoms. The summed E-state index contributed by atoms with van der Waals surface area (Å²) in [6.45, 7) is 4.33. The molecule has 0 aliphatic carbocycles. The molecular weight excluding hydrogens is 560 g/mol.